The Morgan fingerprint density at radius 1 is 1.10 bits per heavy atom. The van der Waals surface area contributed by atoms with Gasteiger partial charge in [-0.05, 0) is 19.4 Å². The van der Waals surface area contributed by atoms with E-state index in [-0.39, 0.29) is 6.04 Å². The van der Waals surface area contributed by atoms with Gasteiger partial charge >= 0.3 is 11.9 Å². The maximum atomic E-state index is 10.1. The van der Waals surface area contributed by atoms with Crippen LogP contribution in [0, 0.1) is 0 Å². The van der Waals surface area contributed by atoms with Gasteiger partial charge in [-0.3, -0.25) is 4.79 Å². The molecule has 0 aromatic heterocycles. The van der Waals surface area contributed by atoms with Gasteiger partial charge in [-0.15, -0.1) is 0 Å². The minimum Gasteiger partial charge on any atom is -0.480 e. The molecule has 124 valence electrons. The average Bonchev–Trinajstić information content (AvgIpc) is 2.98. The molecule has 5 atom stereocenters. The van der Waals surface area contributed by atoms with Gasteiger partial charge in [0.15, 0.2) is 6.10 Å². The number of aliphatic hydroxyl groups excluding tert-OH is 5. The van der Waals surface area contributed by atoms with Crippen LogP contribution in [0.2, 0.25) is 0 Å². The topological polar surface area (TPSA) is 188 Å². The van der Waals surface area contributed by atoms with Crippen LogP contribution in [-0.2, 0) is 9.59 Å². The van der Waals surface area contributed by atoms with E-state index in [4.69, 9.17) is 35.7 Å². The minimum atomic E-state index is -2.20. The molecule has 1 aliphatic heterocycles. The second-order valence-electron chi connectivity index (χ2n) is 4.50. The number of aliphatic carboxylic acids is 2. The highest BCUT2D eigenvalue weighted by Crippen LogP contribution is 2.05. The van der Waals surface area contributed by atoms with Gasteiger partial charge in [0.2, 0.25) is 0 Å². The number of aliphatic hydroxyl groups is 5. The highest BCUT2D eigenvalue weighted by Gasteiger charge is 2.33. The molecule has 10 heteroatoms. The maximum Gasteiger partial charge on any atom is 0.335 e. The lowest BCUT2D eigenvalue weighted by atomic mass is 10.0. The molecule has 1 rings (SSSR count). The first-order valence-electron chi connectivity index (χ1n) is 6.24. The summed E-state index contributed by atoms with van der Waals surface area (Å²) in [5.41, 5.74) is 0. The van der Waals surface area contributed by atoms with Gasteiger partial charge in [0.05, 0.1) is 6.61 Å². The first-order chi connectivity index (χ1) is 9.72. The van der Waals surface area contributed by atoms with Crippen LogP contribution in [0.1, 0.15) is 12.8 Å². The second kappa shape index (κ2) is 9.60. The fourth-order valence-electron chi connectivity index (χ4n) is 1.56. The zero-order valence-corrected chi connectivity index (χ0v) is 11.2. The lowest BCUT2D eigenvalue weighted by Crippen LogP contribution is -2.48. The summed E-state index contributed by atoms with van der Waals surface area (Å²) in [6.07, 6.45) is -6.05. The molecule has 1 aliphatic rings. The Morgan fingerprint density at radius 2 is 1.67 bits per heavy atom. The van der Waals surface area contributed by atoms with E-state index in [0.29, 0.717) is 0 Å². The SMILES string of the molecule is O=C(O)[C@@H]1CCCN1.O=C(O)[C@H](O)[C@@H](O)[C@H](O)[C@H](O)CO. The maximum absolute atomic E-state index is 10.1. The molecule has 0 amide bonds. The molecule has 0 aromatic carbocycles. The van der Waals surface area contributed by atoms with Gasteiger partial charge in [-0.1, -0.05) is 0 Å². The molecule has 1 fully saturated rings. The van der Waals surface area contributed by atoms with E-state index < -0.39 is 43.0 Å². The summed E-state index contributed by atoms with van der Waals surface area (Å²) >= 11 is 0. The number of carbonyl (C=O) groups is 2. The van der Waals surface area contributed by atoms with Crippen LogP contribution in [0.3, 0.4) is 0 Å². The van der Waals surface area contributed by atoms with Crippen LogP contribution < -0.4 is 5.32 Å². The van der Waals surface area contributed by atoms with Crippen molar-refractivity contribution in [3.05, 3.63) is 0 Å². The summed E-state index contributed by atoms with van der Waals surface area (Å²) in [7, 11) is 0. The van der Waals surface area contributed by atoms with E-state index in [2.05, 4.69) is 5.32 Å². The molecule has 0 aromatic rings. The third-order valence-electron chi connectivity index (χ3n) is 2.87. The van der Waals surface area contributed by atoms with Gasteiger partial charge in [0.1, 0.15) is 24.4 Å². The van der Waals surface area contributed by atoms with Crippen molar-refractivity contribution in [3.8, 4) is 0 Å². The molecule has 0 bridgehead atoms. The molecular weight excluding hydrogens is 290 g/mol. The van der Waals surface area contributed by atoms with E-state index >= 15 is 0 Å². The number of rotatable bonds is 6. The summed E-state index contributed by atoms with van der Waals surface area (Å²) in [5, 5.41) is 63.0. The van der Waals surface area contributed by atoms with Crippen molar-refractivity contribution in [2.24, 2.45) is 0 Å². The normalized spacial score (nSPS) is 23.4. The van der Waals surface area contributed by atoms with Crippen LogP contribution in [0.25, 0.3) is 0 Å². The lowest BCUT2D eigenvalue weighted by Gasteiger charge is -2.23. The first-order valence-corrected chi connectivity index (χ1v) is 6.24. The monoisotopic (exact) mass is 311 g/mol. The van der Waals surface area contributed by atoms with Gasteiger partial charge in [0.25, 0.3) is 0 Å². The fourth-order valence-corrected chi connectivity index (χ4v) is 1.56. The molecule has 0 unspecified atom stereocenters. The molecule has 1 saturated heterocycles. The quantitative estimate of drug-likeness (QED) is 0.243. The van der Waals surface area contributed by atoms with Crippen molar-refractivity contribution in [2.75, 3.05) is 13.2 Å². The van der Waals surface area contributed by atoms with E-state index in [0.717, 1.165) is 19.4 Å². The predicted molar refractivity (Wildman–Crippen MR) is 67.4 cm³/mol. The van der Waals surface area contributed by atoms with Crippen molar-refractivity contribution in [2.45, 2.75) is 43.3 Å². The third kappa shape index (κ3) is 6.80. The molecular formula is C11H21NO9. The first kappa shape index (κ1) is 19.7. The van der Waals surface area contributed by atoms with E-state index in [1.165, 1.54) is 0 Å². The summed E-state index contributed by atoms with van der Waals surface area (Å²) in [4.78, 5) is 20.2. The molecule has 0 saturated carbocycles. The Balaban J connectivity index is 0.000000423. The Bertz CT molecular complexity index is 332. The van der Waals surface area contributed by atoms with Crippen LogP contribution >= 0.6 is 0 Å². The zero-order valence-electron chi connectivity index (χ0n) is 11.2. The van der Waals surface area contributed by atoms with E-state index in [1.807, 2.05) is 0 Å². The van der Waals surface area contributed by atoms with Crippen LogP contribution in [0.15, 0.2) is 0 Å². The molecule has 0 spiro atoms. The van der Waals surface area contributed by atoms with Gasteiger partial charge in [0, 0.05) is 0 Å². The van der Waals surface area contributed by atoms with Crippen LogP contribution in [-0.4, -0.2) is 91.3 Å². The summed E-state index contributed by atoms with van der Waals surface area (Å²) < 4.78 is 0. The largest absolute Gasteiger partial charge is 0.480 e. The molecule has 0 radical (unpaired) electrons. The number of nitrogens with one attached hydrogen (secondary N) is 1. The number of hydrogen-bond acceptors (Lipinski definition) is 8. The molecule has 10 nitrogen and oxygen atoms in total. The molecule has 8 N–H and O–H groups in total. The lowest BCUT2D eigenvalue weighted by molar-refractivity contribution is -0.164. The standard InChI is InChI=1S/C6H12O7.C5H9NO2/c7-1-2(8)3(9)4(10)5(11)6(12)13;7-5(8)4-2-1-3-6-4/h2-5,7-11H,1H2,(H,12,13);4,6H,1-3H2,(H,7,8)/t2-,3-,4+,5-;4-/m10/s1. The smallest absolute Gasteiger partial charge is 0.335 e. The molecule has 21 heavy (non-hydrogen) atoms. The van der Waals surface area contributed by atoms with Gasteiger partial charge < -0.3 is 41.1 Å². The van der Waals surface area contributed by atoms with Crippen LogP contribution in [0.4, 0.5) is 0 Å². The van der Waals surface area contributed by atoms with Crippen LogP contribution in [0.5, 0.6) is 0 Å². The zero-order chi connectivity index (χ0) is 16.6. The van der Waals surface area contributed by atoms with Gasteiger partial charge in [-0.2, -0.15) is 0 Å². The third-order valence-corrected chi connectivity index (χ3v) is 2.87. The van der Waals surface area contributed by atoms with Crippen molar-refractivity contribution < 1.29 is 45.3 Å². The Hall–Kier alpha value is -1.30. The summed E-state index contributed by atoms with van der Waals surface area (Å²) in [6, 6.07) is -0.269. The summed E-state index contributed by atoms with van der Waals surface area (Å²) in [5.74, 6) is -2.45. The molecule has 0 aliphatic carbocycles. The average molecular weight is 311 g/mol. The predicted octanol–water partition coefficient (Wildman–Crippen LogP) is -3.67. The highest BCUT2D eigenvalue weighted by molar-refractivity contribution is 5.73. The Morgan fingerprint density at radius 3 is 1.95 bits per heavy atom. The van der Waals surface area contributed by atoms with Crippen molar-refractivity contribution in [1.82, 2.24) is 5.32 Å². The Kier molecular flexibility index (Phi) is 9.01. The minimum absolute atomic E-state index is 0.269. The second-order valence-corrected chi connectivity index (χ2v) is 4.50. The molecule has 1 heterocycles. The Labute approximate surface area is 120 Å². The van der Waals surface area contributed by atoms with Crippen molar-refractivity contribution in [1.29, 1.82) is 0 Å². The fraction of sp³-hybridized carbons (Fsp3) is 0.818. The van der Waals surface area contributed by atoms with E-state index in [1.54, 1.807) is 0 Å². The van der Waals surface area contributed by atoms with E-state index in [9.17, 15) is 9.59 Å². The summed E-state index contributed by atoms with van der Waals surface area (Å²) in [6.45, 7) is 0.0154. The number of hydrogen-bond donors (Lipinski definition) is 8. The highest BCUT2D eigenvalue weighted by atomic mass is 16.4. The van der Waals surface area contributed by atoms with Crippen molar-refractivity contribution in [3.63, 3.8) is 0 Å². The number of carboxylic acids is 2. The van der Waals surface area contributed by atoms with Gasteiger partial charge in [-0.25, -0.2) is 4.79 Å². The number of carboxylic acid groups (broad SMARTS) is 2. The van der Waals surface area contributed by atoms with Crippen molar-refractivity contribution >= 4 is 11.9 Å².